The fraction of sp³-hybridized carbons (Fsp3) is 0.654. The Morgan fingerprint density at radius 2 is 1.66 bits per heavy atom. The number of sulfonamides is 1. The molecule has 0 saturated carbocycles. The third kappa shape index (κ3) is 7.12. The van der Waals surface area contributed by atoms with Gasteiger partial charge in [0.2, 0.25) is 10.0 Å². The van der Waals surface area contributed by atoms with Crippen LogP contribution in [0.5, 0.6) is 0 Å². The number of aryl methyl sites for hydroxylation is 1. The molecule has 1 fully saturated rings. The molecule has 38 heavy (non-hydrogen) atoms. The van der Waals surface area contributed by atoms with E-state index in [9.17, 15) is 38.7 Å². The van der Waals surface area contributed by atoms with Gasteiger partial charge in [-0.1, -0.05) is 50.8 Å². The lowest BCUT2D eigenvalue weighted by Gasteiger charge is -2.33. The van der Waals surface area contributed by atoms with Crippen LogP contribution < -0.4 is 4.72 Å². The van der Waals surface area contributed by atoms with Crippen LogP contribution in [0.1, 0.15) is 57.4 Å². The first-order valence-corrected chi connectivity index (χ1v) is 14.6. The molecule has 0 radical (unpaired) electrons. The summed E-state index contributed by atoms with van der Waals surface area (Å²) in [5.41, 5.74) is 0.751. The highest BCUT2D eigenvalue weighted by atomic mass is 32.2. The number of hydrogen-bond donors (Lipinski definition) is 6. The standard InChI is InChI=1S/C26H39NO10S/c1-2-3-4-5-6-9-17-10-7-8-11-19(17)27-38(34,35)22-12-13-26(14-18(22)25(32)33)36-23(20(30)15-28)24(37-26)21(31)16-29/h7-8,10-11,14,20-24,27-31H,2-6,9,12-13,15-16H2,1H3,(H,32,33). The number of ether oxygens (including phenoxy) is 2. The van der Waals surface area contributed by atoms with Crippen LogP contribution in [0.25, 0.3) is 0 Å². The second kappa shape index (κ2) is 13.3. The van der Waals surface area contributed by atoms with E-state index >= 15 is 0 Å². The summed E-state index contributed by atoms with van der Waals surface area (Å²) in [5, 5.41) is 47.5. The predicted molar refractivity (Wildman–Crippen MR) is 139 cm³/mol. The first-order chi connectivity index (χ1) is 18.1. The Morgan fingerprint density at radius 3 is 2.24 bits per heavy atom. The highest BCUT2D eigenvalue weighted by Crippen LogP contribution is 2.42. The van der Waals surface area contributed by atoms with E-state index < -0.39 is 70.2 Å². The average molecular weight is 558 g/mol. The normalized spacial score (nSPS) is 27.2. The molecule has 1 aliphatic heterocycles. The molecular weight excluding hydrogens is 518 g/mol. The van der Waals surface area contributed by atoms with Gasteiger partial charge in [0.05, 0.1) is 24.5 Å². The Morgan fingerprint density at radius 1 is 1.05 bits per heavy atom. The fourth-order valence-electron chi connectivity index (χ4n) is 5.00. The van der Waals surface area contributed by atoms with E-state index in [1.54, 1.807) is 12.1 Å². The second-order valence-electron chi connectivity index (χ2n) is 9.88. The van der Waals surface area contributed by atoms with Gasteiger partial charge in [0.25, 0.3) is 0 Å². The van der Waals surface area contributed by atoms with Crippen LogP contribution in [0.3, 0.4) is 0 Å². The van der Waals surface area contributed by atoms with Crippen molar-refractivity contribution in [3.05, 3.63) is 41.5 Å². The predicted octanol–water partition coefficient (Wildman–Crippen LogP) is 1.30. The van der Waals surface area contributed by atoms with Gasteiger partial charge in [0, 0.05) is 6.42 Å². The fourth-order valence-corrected chi connectivity index (χ4v) is 6.58. The summed E-state index contributed by atoms with van der Waals surface area (Å²) in [4.78, 5) is 12.2. The Hall–Kier alpha value is -2.06. The molecule has 0 aromatic heterocycles. The lowest BCUT2D eigenvalue weighted by atomic mass is 9.94. The minimum atomic E-state index is -4.20. The van der Waals surface area contributed by atoms with Crippen LogP contribution in [-0.4, -0.2) is 88.6 Å². The number of benzene rings is 1. The van der Waals surface area contributed by atoms with Crippen molar-refractivity contribution in [2.24, 2.45) is 0 Å². The van der Waals surface area contributed by atoms with Crippen LogP contribution in [0.2, 0.25) is 0 Å². The zero-order valence-electron chi connectivity index (χ0n) is 21.5. The maximum atomic E-state index is 13.4. The van der Waals surface area contributed by atoms with Gasteiger partial charge >= 0.3 is 5.97 Å². The molecule has 1 aliphatic carbocycles. The minimum Gasteiger partial charge on any atom is -0.478 e. The highest BCUT2D eigenvalue weighted by molar-refractivity contribution is 7.93. The molecule has 0 amide bonds. The molecule has 214 valence electrons. The molecule has 3 rings (SSSR count). The summed E-state index contributed by atoms with van der Waals surface area (Å²) in [6, 6.07) is 7.04. The summed E-state index contributed by atoms with van der Waals surface area (Å²) >= 11 is 0. The SMILES string of the molecule is CCCCCCCc1ccccc1NS(=O)(=O)C1CCC2(C=C1C(=O)O)OC(C(O)CO)C(C(O)CO)O2. The van der Waals surface area contributed by atoms with Crippen LogP contribution in [0.4, 0.5) is 5.69 Å². The van der Waals surface area contributed by atoms with Crippen LogP contribution in [0.15, 0.2) is 35.9 Å². The number of nitrogens with one attached hydrogen (secondary N) is 1. The van der Waals surface area contributed by atoms with Crippen molar-refractivity contribution in [2.75, 3.05) is 17.9 Å². The van der Waals surface area contributed by atoms with Gasteiger partial charge in [-0.05, 0) is 37.0 Å². The number of carboxylic acid groups (broad SMARTS) is 1. The topological polar surface area (TPSA) is 183 Å². The number of para-hydroxylation sites is 1. The summed E-state index contributed by atoms with van der Waals surface area (Å²) in [7, 11) is -4.20. The van der Waals surface area contributed by atoms with E-state index in [0.717, 1.165) is 43.7 Å². The minimum absolute atomic E-state index is 0.0995. The van der Waals surface area contributed by atoms with E-state index in [1.165, 1.54) is 0 Å². The number of carboxylic acids is 1. The largest absolute Gasteiger partial charge is 0.478 e. The van der Waals surface area contributed by atoms with Gasteiger partial charge in [-0.25, -0.2) is 13.2 Å². The molecule has 1 aromatic rings. The summed E-state index contributed by atoms with van der Waals surface area (Å²) in [6.45, 7) is 0.677. The molecule has 1 spiro atoms. The van der Waals surface area contributed by atoms with Crippen molar-refractivity contribution in [2.45, 2.75) is 93.7 Å². The van der Waals surface area contributed by atoms with E-state index in [2.05, 4.69) is 11.6 Å². The van der Waals surface area contributed by atoms with Gasteiger partial charge in [-0.3, -0.25) is 4.72 Å². The molecule has 5 unspecified atom stereocenters. The summed E-state index contributed by atoms with van der Waals surface area (Å²) < 4.78 is 41.0. The Bertz CT molecular complexity index is 1060. The van der Waals surface area contributed by atoms with Crippen LogP contribution in [-0.2, 0) is 30.7 Å². The second-order valence-corrected chi connectivity index (χ2v) is 11.7. The quantitative estimate of drug-likeness (QED) is 0.182. The van der Waals surface area contributed by atoms with Crippen LogP contribution in [0, 0.1) is 0 Å². The zero-order chi connectivity index (χ0) is 27.9. The molecule has 11 nitrogen and oxygen atoms in total. The number of carbonyl (C=O) groups is 1. The molecule has 2 aliphatic rings. The molecule has 1 saturated heterocycles. The lowest BCUT2D eigenvalue weighted by Crippen LogP contribution is -2.45. The maximum absolute atomic E-state index is 13.4. The van der Waals surface area contributed by atoms with Crippen molar-refractivity contribution in [3.8, 4) is 0 Å². The number of aliphatic hydroxyl groups is 4. The maximum Gasteiger partial charge on any atom is 0.332 e. The summed E-state index contributed by atoms with van der Waals surface area (Å²) in [5.74, 6) is -3.24. The molecular formula is C26H39NO10S. The van der Waals surface area contributed by atoms with Crippen molar-refractivity contribution in [3.63, 3.8) is 0 Å². The van der Waals surface area contributed by atoms with E-state index in [0.29, 0.717) is 12.1 Å². The number of unbranched alkanes of at least 4 members (excludes halogenated alkanes) is 4. The third-order valence-electron chi connectivity index (χ3n) is 7.05. The van der Waals surface area contributed by atoms with E-state index in [1.807, 2.05) is 12.1 Å². The number of rotatable bonds is 14. The van der Waals surface area contributed by atoms with Gasteiger partial charge < -0.3 is 35.0 Å². The van der Waals surface area contributed by atoms with Crippen molar-refractivity contribution < 1.29 is 48.2 Å². The zero-order valence-corrected chi connectivity index (χ0v) is 22.3. The van der Waals surface area contributed by atoms with E-state index in [-0.39, 0.29) is 12.8 Å². The average Bonchev–Trinajstić information content (AvgIpc) is 3.26. The smallest absolute Gasteiger partial charge is 0.332 e. The van der Waals surface area contributed by atoms with Gasteiger partial charge in [-0.15, -0.1) is 0 Å². The lowest BCUT2D eigenvalue weighted by molar-refractivity contribution is -0.163. The molecule has 0 bridgehead atoms. The van der Waals surface area contributed by atoms with Crippen molar-refractivity contribution >= 4 is 21.7 Å². The monoisotopic (exact) mass is 557 g/mol. The highest BCUT2D eigenvalue weighted by Gasteiger charge is 2.54. The molecule has 1 aromatic carbocycles. The number of aliphatic hydroxyl groups excluding tert-OH is 4. The number of anilines is 1. The molecule has 6 N–H and O–H groups in total. The molecule has 1 heterocycles. The first-order valence-electron chi connectivity index (χ1n) is 13.1. The van der Waals surface area contributed by atoms with Crippen LogP contribution >= 0.6 is 0 Å². The molecule has 12 heteroatoms. The Kier molecular flexibility index (Phi) is 10.7. The number of hydrogen-bond acceptors (Lipinski definition) is 9. The van der Waals surface area contributed by atoms with Gasteiger partial charge in [0.15, 0.2) is 5.79 Å². The van der Waals surface area contributed by atoms with Crippen molar-refractivity contribution in [1.29, 1.82) is 0 Å². The Labute approximate surface area is 223 Å². The van der Waals surface area contributed by atoms with E-state index in [4.69, 9.17) is 9.47 Å². The molecule has 5 atom stereocenters. The van der Waals surface area contributed by atoms with Crippen molar-refractivity contribution in [1.82, 2.24) is 0 Å². The number of aliphatic carboxylic acids is 1. The third-order valence-corrected chi connectivity index (χ3v) is 8.79. The van der Waals surface area contributed by atoms with Gasteiger partial charge in [0.1, 0.15) is 29.7 Å². The Balaban J connectivity index is 1.83. The summed E-state index contributed by atoms with van der Waals surface area (Å²) in [6.07, 6.45) is 1.25. The van der Waals surface area contributed by atoms with Gasteiger partial charge in [-0.2, -0.15) is 0 Å². The first kappa shape index (κ1) is 30.5.